The van der Waals surface area contributed by atoms with Crippen molar-refractivity contribution in [2.75, 3.05) is 6.54 Å². The summed E-state index contributed by atoms with van der Waals surface area (Å²) < 4.78 is 0. The number of rotatable bonds is 7. The van der Waals surface area contributed by atoms with E-state index in [2.05, 4.69) is 0 Å². The Morgan fingerprint density at radius 3 is 2.35 bits per heavy atom. The summed E-state index contributed by atoms with van der Waals surface area (Å²) in [6.07, 6.45) is 3.47. The van der Waals surface area contributed by atoms with Crippen LogP contribution < -0.4 is 0 Å². The zero-order chi connectivity index (χ0) is 19.3. The largest absolute Gasteiger partial charge is 0.481 e. The maximum atomic E-state index is 13.0. The van der Waals surface area contributed by atoms with Crippen molar-refractivity contribution in [2.45, 2.75) is 64.8 Å². The van der Waals surface area contributed by atoms with Crippen molar-refractivity contribution >= 4 is 17.7 Å². The molecule has 1 aliphatic heterocycles. The minimum atomic E-state index is -0.818. The molecule has 0 radical (unpaired) electrons. The lowest BCUT2D eigenvalue weighted by atomic mass is 9.92. The van der Waals surface area contributed by atoms with Crippen LogP contribution in [-0.2, 0) is 9.59 Å². The number of carboxylic acid groups (broad SMARTS) is 1. The number of hydrogen-bond donors (Lipinski definition) is 1. The van der Waals surface area contributed by atoms with Gasteiger partial charge in [0.1, 0.15) is 0 Å². The Labute approximate surface area is 155 Å². The summed E-state index contributed by atoms with van der Waals surface area (Å²) in [5.74, 6) is -1.03. The number of carbonyl (C=O) groups excluding carboxylic acids is 2. The number of hydrogen-bond acceptors (Lipinski definition) is 3. The zero-order valence-electron chi connectivity index (χ0n) is 15.9. The van der Waals surface area contributed by atoms with Gasteiger partial charge in [0.2, 0.25) is 5.91 Å². The normalized spacial score (nSPS) is 18.6. The molecule has 1 fully saturated rings. The van der Waals surface area contributed by atoms with Gasteiger partial charge < -0.3 is 10.0 Å². The summed E-state index contributed by atoms with van der Waals surface area (Å²) in [7, 11) is 0. The average Bonchev–Trinajstić information content (AvgIpc) is 2.64. The van der Waals surface area contributed by atoms with Gasteiger partial charge in [-0.15, -0.1) is 0 Å². The van der Waals surface area contributed by atoms with E-state index in [4.69, 9.17) is 5.11 Å². The Balaban J connectivity index is 2.09. The van der Waals surface area contributed by atoms with Crippen LogP contribution in [0, 0.1) is 5.92 Å². The first-order valence-electron chi connectivity index (χ1n) is 9.47. The molecule has 2 rings (SSSR count). The van der Waals surface area contributed by atoms with Gasteiger partial charge in [0.05, 0.1) is 5.92 Å². The van der Waals surface area contributed by atoms with Crippen LogP contribution in [0.1, 0.15) is 74.7 Å². The molecule has 2 atom stereocenters. The third-order valence-corrected chi connectivity index (χ3v) is 5.19. The van der Waals surface area contributed by atoms with Crippen molar-refractivity contribution in [3.8, 4) is 0 Å². The van der Waals surface area contributed by atoms with Gasteiger partial charge >= 0.3 is 5.97 Å². The summed E-state index contributed by atoms with van der Waals surface area (Å²) in [5.41, 5.74) is 1.55. The standard InChI is InChI=1S/C21H29NO4/c1-14(2)20(25)17-9-7-16(8-10-17)15(3)21(26)22-13-5-4-6-18(22)11-12-19(23)24/h7-10,14-15,18H,4-6,11-13H2,1-3H3,(H,23,24). The van der Waals surface area contributed by atoms with E-state index in [0.29, 0.717) is 18.5 Å². The Morgan fingerprint density at radius 2 is 1.77 bits per heavy atom. The van der Waals surface area contributed by atoms with E-state index in [1.807, 2.05) is 37.8 Å². The Hall–Kier alpha value is -2.17. The molecule has 0 bridgehead atoms. The third-order valence-electron chi connectivity index (χ3n) is 5.19. The first-order valence-corrected chi connectivity index (χ1v) is 9.47. The van der Waals surface area contributed by atoms with Gasteiger partial charge in [0.25, 0.3) is 0 Å². The minimum Gasteiger partial charge on any atom is -0.481 e. The van der Waals surface area contributed by atoms with Crippen LogP contribution >= 0.6 is 0 Å². The van der Waals surface area contributed by atoms with E-state index in [-0.39, 0.29) is 36.0 Å². The zero-order valence-corrected chi connectivity index (χ0v) is 15.9. The number of carbonyl (C=O) groups is 3. The molecule has 1 aromatic carbocycles. The van der Waals surface area contributed by atoms with Gasteiger partial charge in [-0.25, -0.2) is 0 Å². The first-order chi connectivity index (χ1) is 12.3. The topological polar surface area (TPSA) is 74.7 Å². The molecule has 142 valence electrons. The quantitative estimate of drug-likeness (QED) is 0.750. The number of benzene rings is 1. The van der Waals surface area contributed by atoms with Gasteiger partial charge in [0, 0.05) is 30.5 Å². The van der Waals surface area contributed by atoms with Crippen LogP contribution in [0.3, 0.4) is 0 Å². The summed E-state index contributed by atoms with van der Waals surface area (Å²) >= 11 is 0. The smallest absolute Gasteiger partial charge is 0.303 e. The van der Waals surface area contributed by atoms with E-state index in [0.717, 1.165) is 24.8 Å². The molecule has 0 aliphatic carbocycles. The van der Waals surface area contributed by atoms with Crippen molar-refractivity contribution in [3.63, 3.8) is 0 Å². The van der Waals surface area contributed by atoms with Crippen molar-refractivity contribution in [2.24, 2.45) is 5.92 Å². The molecule has 1 aliphatic rings. The van der Waals surface area contributed by atoms with Crippen molar-refractivity contribution in [1.29, 1.82) is 0 Å². The van der Waals surface area contributed by atoms with Crippen LogP contribution in [-0.4, -0.2) is 40.3 Å². The molecule has 5 heteroatoms. The average molecular weight is 359 g/mol. The predicted octanol–water partition coefficient (Wildman–Crippen LogP) is 3.87. The second-order valence-electron chi connectivity index (χ2n) is 7.48. The summed E-state index contributed by atoms with van der Waals surface area (Å²) in [6.45, 7) is 6.31. The fraction of sp³-hybridized carbons (Fsp3) is 0.571. The summed E-state index contributed by atoms with van der Waals surface area (Å²) in [6, 6.07) is 7.30. The highest BCUT2D eigenvalue weighted by atomic mass is 16.4. The molecule has 1 heterocycles. The molecule has 0 saturated carbocycles. The van der Waals surface area contributed by atoms with Crippen LogP contribution in [0.2, 0.25) is 0 Å². The highest BCUT2D eigenvalue weighted by Crippen LogP contribution is 2.27. The first kappa shape index (κ1) is 20.1. The monoisotopic (exact) mass is 359 g/mol. The summed E-state index contributed by atoms with van der Waals surface area (Å²) in [5, 5.41) is 8.93. The van der Waals surface area contributed by atoms with Crippen molar-refractivity contribution in [3.05, 3.63) is 35.4 Å². The Morgan fingerprint density at radius 1 is 1.12 bits per heavy atom. The molecule has 0 spiro atoms. The highest BCUT2D eigenvalue weighted by molar-refractivity contribution is 5.97. The van der Waals surface area contributed by atoms with E-state index in [1.165, 1.54) is 0 Å². The molecular formula is C21H29NO4. The maximum Gasteiger partial charge on any atom is 0.303 e. The van der Waals surface area contributed by atoms with Crippen molar-refractivity contribution < 1.29 is 19.5 Å². The molecule has 1 saturated heterocycles. The van der Waals surface area contributed by atoms with Crippen LogP contribution in [0.5, 0.6) is 0 Å². The molecule has 1 amide bonds. The van der Waals surface area contributed by atoms with Crippen LogP contribution in [0.4, 0.5) is 0 Å². The van der Waals surface area contributed by atoms with Gasteiger partial charge in [-0.1, -0.05) is 38.1 Å². The fourth-order valence-electron chi connectivity index (χ4n) is 3.54. The minimum absolute atomic E-state index is 0.0107. The number of aliphatic carboxylic acids is 1. The lowest BCUT2D eigenvalue weighted by Gasteiger charge is -2.37. The van der Waals surface area contributed by atoms with Gasteiger partial charge in [-0.3, -0.25) is 14.4 Å². The molecular weight excluding hydrogens is 330 g/mol. The number of likely N-dealkylation sites (tertiary alicyclic amines) is 1. The van der Waals surface area contributed by atoms with Crippen LogP contribution in [0.15, 0.2) is 24.3 Å². The number of Topliss-reactive ketones (excluding diaryl/α,β-unsaturated/α-hetero) is 1. The predicted molar refractivity (Wildman–Crippen MR) is 100 cm³/mol. The lowest BCUT2D eigenvalue weighted by molar-refractivity contribution is -0.140. The number of carboxylic acids is 1. The molecule has 1 N–H and O–H groups in total. The van der Waals surface area contributed by atoms with Crippen molar-refractivity contribution in [1.82, 2.24) is 4.90 Å². The Kier molecular flexibility index (Phi) is 6.95. The number of piperidine rings is 1. The lowest BCUT2D eigenvalue weighted by Crippen LogP contribution is -2.45. The second kappa shape index (κ2) is 8.97. The molecule has 1 aromatic rings. The van der Waals surface area contributed by atoms with Gasteiger partial charge in [-0.2, -0.15) is 0 Å². The van der Waals surface area contributed by atoms with E-state index in [1.54, 1.807) is 12.1 Å². The molecule has 2 unspecified atom stereocenters. The number of nitrogens with zero attached hydrogens (tertiary/aromatic N) is 1. The number of ketones is 1. The molecule has 5 nitrogen and oxygen atoms in total. The molecule has 26 heavy (non-hydrogen) atoms. The SMILES string of the molecule is CC(C)C(=O)c1ccc(C(C)C(=O)N2CCCCC2CCC(=O)O)cc1. The van der Waals surface area contributed by atoms with E-state index >= 15 is 0 Å². The van der Waals surface area contributed by atoms with E-state index < -0.39 is 5.97 Å². The van der Waals surface area contributed by atoms with Gasteiger partial charge in [0.15, 0.2) is 5.78 Å². The maximum absolute atomic E-state index is 13.0. The third kappa shape index (κ3) is 4.93. The second-order valence-corrected chi connectivity index (χ2v) is 7.48. The van der Waals surface area contributed by atoms with Crippen LogP contribution in [0.25, 0.3) is 0 Å². The summed E-state index contributed by atoms with van der Waals surface area (Å²) in [4.78, 5) is 37.8. The molecule has 0 aromatic heterocycles. The van der Waals surface area contributed by atoms with E-state index in [9.17, 15) is 14.4 Å². The Bertz CT molecular complexity index is 650. The highest BCUT2D eigenvalue weighted by Gasteiger charge is 2.30. The number of amides is 1. The van der Waals surface area contributed by atoms with Gasteiger partial charge in [-0.05, 0) is 38.2 Å². The fourth-order valence-corrected chi connectivity index (χ4v) is 3.54.